The Morgan fingerprint density at radius 2 is 1.66 bits per heavy atom. The fourth-order valence-corrected chi connectivity index (χ4v) is 6.63. The number of carbonyl (C=O) groups is 3. The van der Waals surface area contributed by atoms with Crippen molar-refractivity contribution in [1.29, 1.82) is 0 Å². The molecule has 4 fully saturated rings. The smallest absolute Gasteiger partial charge is 0.306 e. The minimum Gasteiger partial charge on any atom is -0.456 e. The van der Waals surface area contributed by atoms with Crippen LogP contribution >= 0.6 is 11.6 Å². The molecule has 4 aliphatic rings. The first-order valence-corrected chi connectivity index (χ1v) is 12.2. The van der Waals surface area contributed by atoms with Gasteiger partial charge < -0.3 is 15.4 Å². The van der Waals surface area contributed by atoms with Gasteiger partial charge in [-0.2, -0.15) is 0 Å². The monoisotopic (exact) mass is 460 g/mol. The zero-order valence-corrected chi connectivity index (χ0v) is 19.5. The highest BCUT2D eigenvalue weighted by Gasteiger charge is 2.53. The fraction of sp³-hybridized carbons (Fsp3) is 0.640. The average molecular weight is 461 g/mol. The Morgan fingerprint density at radius 3 is 2.25 bits per heavy atom. The molecule has 7 heteroatoms. The first-order chi connectivity index (χ1) is 15.3. The van der Waals surface area contributed by atoms with Crippen LogP contribution in [0.5, 0.6) is 0 Å². The number of rotatable bonds is 9. The van der Waals surface area contributed by atoms with Crippen molar-refractivity contribution >= 4 is 29.4 Å². The lowest BCUT2D eigenvalue weighted by atomic mass is 9.48. The van der Waals surface area contributed by atoms with E-state index in [9.17, 15) is 14.4 Å². The molecule has 4 bridgehead atoms. The highest BCUT2D eigenvalue weighted by Crippen LogP contribution is 2.61. The van der Waals surface area contributed by atoms with Gasteiger partial charge in [-0.3, -0.25) is 14.4 Å². The summed E-state index contributed by atoms with van der Waals surface area (Å²) in [5, 5.41) is 6.44. The van der Waals surface area contributed by atoms with Crippen molar-refractivity contribution < 1.29 is 19.1 Å². The molecule has 1 aromatic carbocycles. The molecule has 0 unspecified atom stereocenters. The van der Waals surface area contributed by atoms with Gasteiger partial charge in [0.15, 0.2) is 6.61 Å². The second kappa shape index (κ2) is 9.82. The number of carbonyl (C=O) groups excluding carboxylic acids is 3. The summed E-state index contributed by atoms with van der Waals surface area (Å²) in [6, 6.07) is 6.72. The molecule has 4 aliphatic carbocycles. The van der Waals surface area contributed by atoms with E-state index < -0.39 is 5.97 Å². The molecule has 0 saturated heterocycles. The third kappa shape index (κ3) is 5.45. The Balaban J connectivity index is 1.12. The first kappa shape index (κ1) is 23.1. The molecule has 0 radical (unpaired) electrons. The normalized spacial score (nSPS) is 28.8. The molecule has 32 heavy (non-hydrogen) atoms. The van der Waals surface area contributed by atoms with Gasteiger partial charge in [0.05, 0.1) is 0 Å². The largest absolute Gasteiger partial charge is 0.456 e. The molecule has 0 aliphatic heterocycles. The van der Waals surface area contributed by atoms with Crippen LogP contribution in [0.25, 0.3) is 0 Å². The molecule has 1 aromatic rings. The van der Waals surface area contributed by atoms with Crippen molar-refractivity contribution in [1.82, 2.24) is 10.6 Å². The maximum atomic E-state index is 12.4. The van der Waals surface area contributed by atoms with Crippen molar-refractivity contribution in [2.45, 2.75) is 64.3 Å². The van der Waals surface area contributed by atoms with Crippen LogP contribution in [-0.2, 0) is 14.3 Å². The quantitative estimate of drug-likeness (QED) is 0.429. The third-order valence-electron chi connectivity index (χ3n) is 7.70. The van der Waals surface area contributed by atoms with E-state index in [0.717, 1.165) is 17.8 Å². The van der Waals surface area contributed by atoms with Crippen LogP contribution in [0.2, 0.25) is 5.02 Å². The van der Waals surface area contributed by atoms with E-state index >= 15 is 0 Å². The second-order valence-corrected chi connectivity index (χ2v) is 10.5. The summed E-state index contributed by atoms with van der Waals surface area (Å²) in [5.74, 6) is 1.63. The number of ether oxygens (including phenoxy) is 1. The van der Waals surface area contributed by atoms with Crippen LogP contribution < -0.4 is 10.6 Å². The Labute approximate surface area is 194 Å². The predicted octanol–water partition coefficient (Wildman–Crippen LogP) is 4.11. The Bertz CT molecular complexity index is 819. The molecule has 6 nitrogen and oxygen atoms in total. The van der Waals surface area contributed by atoms with Crippen molar-refractivity contribution in [2.75, 3.05) is 13.2 Å². The molecule has 1 atom stereocenters. The highest BCUT2D eigenvalue weighted by atomic mass is 35.5. The molecule has 2 amide bonds. The van der Waals surface area contributed by atoms with Gasteiger partial charge in [0.25, 0.3) is 11.8 Å². The topological polar surface area (TPSA) is 84.5 Å². The SMILES string of the molecule is C[C@@H](NC(=O)COC(=O)CCCNC(=O)c1ccc(Cl)cc1)C12CC3CC(CC(C3)C1)C2. The minimum atomic E-state index is -0.427. The summed E-state index contributed by atoms with van der Waals surface area (Å²) < 4.78 is 5.15. The number of hydrogen-bond donors (Lipinski definition) is 2. The van der Waals surface area contributed by atoms with E-state index in [-0.39, 0.29) is 36.3 Å². The summed E-state index contributed by atoms with van der Waals surface area (Å²) in [5.41, 5.74) is 0.748. The van der Waals surface area contributed by atoms with Crippen LogP contribution in [0.15, 0.2) is 24.3 Å². The van der Waals surface area contributed by atoms with E-state index in [1.54, 1.807) is 24.3 Å². The molecule has 2 N–H and O–H groups in total. The predicted molar refractivity (Wildman–Crippen MR) is 122 cm³/mol. The van der Waals surface area contributed by atoms with Gasteiger partial charge in [0, 0.05) is 29.6 Å². The van der Waals surface area contributed by atoms with Gasteiger partial charge in [-0.15, -0.1) is 0 Å². The Morgan fingerprint density at radius 1 is 1.06 bits per heavy atom. The van der Waals surface area contributed by atoms with E-state index in [1.165, 1.54) is 38.5 Å². The summed E-state index contributed by atoms with van der Waals surface area (Å²) in [4.78, 5) is 36.4. The van der Waals surface area contributed by atoms with E-state index in [0.29, 0.717) is 23.6 Å². The molecule has 174 valence electrons. The van der Waals surface area contributed by atoms with E-state index in [1.807, 2.05) is 0 Å². The molecular formula is C25H33ClN2O4. The maximum absolute atomic E-state index is 12.4. The number of benzene rings is 1. The van der Waals surface area contributed by atoms with Gasteiger partial charge in [-0.05, 0) is 99.3 Å². The van der Waals surface area contributed by atoms with Gasteiger partial charge in [0.1, 0.15) is 0 Å². The second-order valence-electron chi connectivity index (χ2n) is 10.1. The van der Waals surface area contributed by atoms with Crippen LogP contribution in [0.4, 0.5) is 0 Å². The van der Waals surface area contributed by atoms with Crippen LogP contribution in [-0.4, -0.2) is 37.0 Å². The maximum Gasteiger partial charge on any atom is 0.306 e. The zero-order chi connectivity index (χ0) is 22.7. The molecule has 0 aromatic heterocycles. The number of esters is 1. The number of amides is 2. The van der Waals surface area contributed by atoms with Crippen LogP contribution in [0, 0.1) is 23.2 Å². The lowest BCUT2D eigenvalue weighted by Crippen LogP contribution is -2.56. The summed E-state index contributed by atoms with van der Waals surface area (Å²) in [7, 11) is 0. The Kier molecular flexibility index (Phi) is 7.08. The molecular weight excluding hydrogens is 428 g/mol. The van der Waals surface area contributed by atoms with Gasteiger partial charge in [0.2, 0.25) is 0 Å². The lowest BCUT2D eigenvalue weighted by Gasteiger charge is -2.59. The van der Waals surface area contributed by atoms with Crippen LogP contribution in [0.3, 0.4) is 0 Å². The van der Waals surface area contributed by atoms with Crippen molar-refractivity contribution in [3.8, 4) is 0 Å². The van der Waals surface area contributed by atoms with Crippen molar-refractivity contribution in [3.63, 3.8) is 0 Å². The third-order valence-corrected chi connectivity index (χ3v) is 7.95. The minimum absolute atomic E-state index is 0.116. The molecule has 0 spiro atoms. The standard InChI is InChI=1S/C25H33ClN2O4/c1-16(25-12-17-9-18(13-25)11-19(10-17)14-25)28-22(29)15-32-23(30)3-2-8-27-24(31)20-4-6-21(26)7-5-20/h4-7,16-19H,2-3,8-15H2,1H3,(H,27,31)(H,28,29)/t16-,17?,18?,19?,25?/m1/s1. The van der Waals surface area contributed by atoms with Gasteiger partial charge in [-0.25, -0.2) is 0 Å². The lowest BCUT2D eigenvalue weighted by molar-refractivity contribution is -0.149. The van der Waals surface area contributed by atoms with Crippen molar-refractivity contribution in [2.24, 2.45) is 23.2 Å². The summed E-state index contributed by atoms with van der Waals surface area (Å²) in [6.07, 6.45) is 8.39. The van der Waals surface area contributed by atoms with Crippen molar-refractivity contribution in [3.05, 3.63) is 34.9 Å². The van der Waals surface area contributed by atoms with E-state index in [4.69, 9.17) is 16.3 Å². The van der Waals surface area contributed by atoms with Crippen LogP contribution in [0.1, 0.15) is 68.6 Å². The van der Waals surface area contributed by atoms with Gasteiger partial charge in [-0.1, -0.05) is 11.6 Å². The fourth-order valence-electron chi connectivity index (χ4n) is 6.50. The number of hydrogen-bond acceptors (Lipinski definition) is 4. The zero-order valence-electron chi connectivity index (χ0n) is 18.7. The van der Waals surface area contributed by atoms with E-state index in [2.05, 4.69) is 17.6 Å². The molecule has 4 saturated carbocycles. The summed E-state index contributed by atoms with van der Waals surface area (Å²) >= 11 is 5.82. The highest BCUT2D eigenvalue weighted by molar-refractivity contribution is 6.30. The Hall–Kier alpha value is -2.08. The summed E-state index contributed by atoms with van der Waals surface area (Å²) in [6.45, 7) is 2.23. The first-order valence-electron chi connectivity index (χ1n) is 11.8. The number of halogens is 1. The number of nitrogens with one attached hydrogen (secondary N) is 2. The average Bonchev–Trinajstić information content (AvgIpc) is 2.74. The molecule has 5 rings (SSSR count). The molecule has 0 heterocycles. The van der Waals surface area contributed by atoms with Gasteiger partial charge >= 0.3 is 5.97 Å².